The van der Waals surface area contributed by atoms with Gasteiger partial charge in [0.15, 0.2) is 5.78 Å². The summed E-state index contributed by atoms with van der Waals surface area (Å²) in [6.45, 7) is 1.60. The first-order valence-electron chi connectivity index (χ1n) is 8.14. The van der Waals surface area contributed by atoms with Crippen molar-refractivity contribution in [3.63, 3.8) is 0 Å². The Morgan fingerprint density at radius 3 is 2.27 bits per heavy atom. The zero-order valence-electron chi connectivity index (χ0n) is 13.2. The third-order valence-corrected chi connectivity index (χ3v) is 4.53. The van der Waals surface area contributed by atoms with Crippen LogP contribution in [0.3, 0.4) is 0 Å². The van der Waals surface area contributed by atoms with E-state index in [2.05, 4.69) is 5.32 Å². The number of rotatable bonds is 6. The highest BCUT2D eigenvalue weighted by molar-refractivity contribution is 5.97. The number of ketones is 1. The molecule has 1 unspecified atom stereocenters. The minimum absolute atomic E-state index is 0.00711. The van der Waals surface area contributed by atoms with E-state index in [4.69, 9.17) is 0 Å². The Hall–Kier alpha value is -1.68. The molecule has 2 rings (SSSR count). The van der Waals surface area contributed by atoms with Gasteiger partial charge in [-0.2, -0.15) is 0 Å². The molecular weight excluding hydrogens is 278 g/mol. The molecule has 0 bridgehead atoms. The first-order chi connectivity index (χ1) is 10.6. The fourth-order valence-electron chi connectivity index (χ4n) is 3.21. The SMILES string of the molecule is CC(=O)c1ccc(C(=O)NC(CCO)C2CCCCC2)cc1. The van der Waals surface area contributed by atoms with E-state index in [1.165, 1.54) is 26.2 Å². The average Bonchev–Trinajstić information content (AvgIpc) is 2.55. The normalized spacial score (nSPS) is 17.0. The van der Waals surface area contributed by atoms with Crippen LogP contribution in [0.1, 0.15) is 66.2 Å². The van der Waals surface area contributed by atoms with Gasteiger partial charge in [0, 0.05) is 23.8 Å². The Balaban J connectivity index is 2.01. The van der Waals surface area contributed by atoms with E-state index in [0.717, 1.165) is 12.8 Å². The second-order valence-electron chi connectivity index (χ2n) is 6.12. The molecule has 1 aromatic carbocycles. The number of aliphatic hydroxyl groups excluding tert-OH is 1. The predicted octanol–water partition coefficient (Wildman–Crippen LogP) is 2.95. The van der Waals surface area contributed by atoms with Crippen LogP contribution in [-0.4, -0.2) is 29.4 Å². The summed E-state index contributed by atoms with van der Waals surface area (Å²) in [5.74, 6) is 0.327. The van der Waals surface area contributed by atoms with Gasteiger partial charge in [0.1, 0.15) is 0 Å². The van der Waals surface area contributed by atoms with Crippen molar-refractivity contribution >= 4 is 11.7 Å². The molecule has 0 radical (unpaired) electrons. The van der Waals surface area contributed by atoms with Gasteiger partial charge in [0.25, 0.3) is 5.91 Å². The van der Waals surface area contributed by atoms with Crippen molar-refractivity contribution in [2.45, 2.75) is 51.5 Å². The molecule has 0 spiro atoms. The van der Waals surface area contributed by atoms with Crippen LogP contribution in [-0.2, 0) is 0 Å². The molecule has 1 fully saturated rings. The standard InChI is InChI=1S/C18H25NO3/c1-13(21)14-7-9-16(10-8-14)18(22)19-17(11-12-20)15-5-3-2-4-6-15/h7-10,15,17,20H,2-6,11-12H2,1H3,(H,19,22). The molecule has 2 N–H and O–H groups in total. The van der Waals surface area contributed by atoms with Crippen LogP contribution >= 0.6 is 0 Å². The number of carbonyl (C=O) groups excluding carboxylic acids is 2. The number of hydrogen-bond donors (Lipinski definition) is 2. The molecule has 1 amide bonds. The van der Waals surface area contributed by atoms with Gasteiger partial charge < -0.3 is 10.4 Å². The summed E-state index contributed by atoms with van der Waals surface area (Å²) in [5.41, 5.74) is 1.17. The van der Waals surface area contributed by atoms with Crippen molar-refractivity contribution in [1.82, 2.24) is 5.32 Å². The number of amides is 1. The lowest BCUT2D eigenvalue weighted by Gasteiger charge is -2.30. The van der Waals surface area contributed by atoms with Crippen LogP contribution in [0.15, 0.2) is 24.3 Å². The molecule has 22 heavy (non-hydrogen) atoms. The Morgan fingerprint density at radius 1 is 1.14 bits per heavy atom. The van der Waals surface area contributed by atoms with Gasteiger partial charge in [0.05, 0.1) is 0 Å². The summed E-state index contributed by atoms with van der Waals surface area (Å²) in [4.78, 5) is 23.6. The van der Waals surface area contributed by atoms with Crippen LogP contribution in [0.2, 0.25) is 0 Å². The van der Waals surface area contributed by atoms with Gasteiger partial charge in [-0.15, -0.1) is 0 Å². The zero-order valence-corrected chi connectivity index (χ0v) is 13.2. The smallest absolute Gasteiger partial charge is 0.251 e. The maximum atomic E-state index is 12.4. The Labute approximate surface area is 131 Å². The van der Waals surface area contributed by atoms with Crippen LogP contribution in [0.5, 0.6) is 0 Å². The summed E-state index contributed by atoms with van der Waals surface area (Å²) in [6, 6.07) is 6.76. The van der Waals surface area contributed by atoms with Gasteiger partial charge >= 0.3 is 0 Å². The van der Waals surface area contributed by atoms with Crippen LogP contribution < -0.4 is 5.32 Å². The van der Waals surface area contributed by atoms with Crippen molar-refractivity contribution in [3.8, 4) is 0 Å². The van der Waals surface area contributed by atoms with E-state index >= 15 is 0 Å². The van der Waals surface area contributed by atoms with E-state index in [0.29, 0.717) is 23.5 Å². The van der Waals surface area contributed by atoms with Crippen LogP contribution in [0.25, 0.3) is 0 Å². The molecule has 0 heterocycles. The quantitative estimate of drug-likeness (QED) is 0.794. The monoisotopic (exact) mass is 303 g/mol. The zero-order chi connectivity index (χ0) is 15.9. The first kappa shape index (κ1) is 16.7. The molecule has 0 saturated heterocycles. The molecule has 1 aromatic rings. The van der Waals surface area contributed by atoms with Crippen molar-refractivity contribution in [1.29, 1.82) is 0 Å². The van der Waals surface area contributed by atoms with Gasteiger partial charge in [-0.05, 0) is 44.2 Å². The van der Waals surface area contributed by atoms with Gasteiger partial charge in [0.2, 0.25) is 0 Å². The third-order valence-electron chi connectivity index (χ3n) is 4.53. The molecule has 4 heteroatoms. The van der Waals surface area contributed by atoms with E-state index in [1.54, 1.807) is 24.3 Å². The molecule has 1 atom stereocenters. The maximum Gasteiger partial charge on any atom is 0.251 e. The number of nitrogens with one attached hydrogen (secondary N) is 1. The van der Waals surface area contributed by atoms with Crippen LogP contribution in [0.4, 0.5) is 0 Å². The summed E-state index contributed by atoms with van der Waals surface area (Å²) in [5, 5.41) is 12.3. The lowest BCUT2D eigenvalue weighted by molar-refractivity contribution is 0.0898. The largest absolute Gasteiger partial charge is 0.396 e. The van der Waals surface area contributed by atoms with Crippen molar-refractivity contribution in [2.75, 3.05) is 6.61 Å². The topological polar surface area (TPSA) is 66.4 Å². The Bertz CT molecular complexity index is 504. The number of benzene rings is 1. The summed E-state index contributed by atoms with van der Waals surface area (Å²) in [6.07, 6.45) is 6.51. The van der Waals surface area contributed by atoms with Gasteiger partial charge in [-0.1, -0.05) is 31.4 Å². The third kappa shape index (κ3) is 4.41. The van der Waals surface area contributed by atoms with E-state index in [-0.39, 0.29) is 24.3 Å². The van der Waals surface area contributed by atoms with E-state index in [1.807, 2.05) is 0 Å². The first-order valence-corrected chi connectivity index (χ1v) is 8.14. The minimum atomic E-state index is -0.126. The van der Waals surface area contributed by atoms with Crippen molar-refractivity contribution in [2.24, 2.45) is 5.92 Å². The Morgan fingerprint density at radius 2 is 1.73 bits per heavy atom. The Kier molecular flexibility index (Phi) is 6.13. The van der Waals surface area contributed by atoms with Crippen molar-refractivity contribution in [3.05, 3.63) is 35.4 Å². The fourth-order valence-corrected chi connectivity index (χ4v) is 3.21. The lowest BCUT2D eigenvalue weighted by Crippen LogP contribution is -2.41. The average molecular weight is 303 g/mol. The molecule has 120 valence electrons. The van der Waals surface area contributed by atoms with Crippen LogP contribution in [0, 0.1) is 5.92 Å². The summed E-state index contributed by atoms with van der Waals surface area (Å²) >= 11 is 0. The van der Waals surface area contributed by atoms with Crippen molar-refractivity contribution < 1.29 is 14.7 Å². The lowest BCUT2D eigenvalue weighted by atomic mass is 9.82. The number of carbonyl (C=O) groups is 2. The fraction of sp³-hybridized carbons (Fsp3) is 0.556. The highest BCUT2D eigenvalue weighted by atomic mass is 16.3. The predicted molar refractivity (Wildman–Crippen MR) is 86.0 cm³/mol. The van der Waals surface area contributed by atoms with Gasteiger partial charge in [-0.25, -0.2) is 0 Å². The highest BCUT2D eigenvalue weighted by Gasteiger charge is 2.25. The molecule has 1 saturated carbocycles. The minimum Gasteiger partial charge on any atom is -0.396 e. The summed E-state index contributed by atoms with van der Waals surface area (Å²) in [7, 11) is 0. The molecular formula is C18H25NO3. The number of hydrogen-bond acceptors (Lipinski definition) is 3. The number of aliphatic hydroxyl groups is 1. The highest BCUT2D eigenvalue weighted by Crippen LogP contribution is 2.27. The second-order valence-corrected chi connectivity index (χ2v) is 6.12. The molecule has 1 aliphatic rings. The van der Waals surface area contributed by atoms with E-state index in [9.17, 15) is 14.7 Å². The van der Waals surface area contributed by atoms with Gasteiger partial charge in [-0.3, -0.25) is 9.59 Å². The second kappa shape index (κ2) is 8.08. The molecule has 0 aliphatic heterocycles. The summed E-state index contributed by atoms with van der Waals surface area (Å²) < 4.78 is 0. The maximum absolute atomic E-state index is 12.4. The molecule has 0 aromatic heterocycles. The molecule has 4 nitrogen and oxygen atoms in total. The number of Topliss-reactive ketones (excluding diaryl/α,β-unsaturated/α-hetero) is 1. The molecule has 1 aliphatic carbocycles. The van der Waals surface area contributed by atoms with E-state index < -0.39 is 0 Å².